The molecule has 10 heteroatoms. The summed E-state index contributed by atoms with van der Waals surface area (Å²) in [6.45, 7) is 0.582. The minimum atomic E-state index is -3.88. The summed E-state index contributed by atoms with van der Waals surface area (Å²) in [5, 5.41) is 15.3. The number of nitrogens with zero attached hydrogens (tertiary/aromatic N) is 2. The van der Waals surface area contributed by atoms with E-state index in [1.54, 1.807) is 12.1 Å². The monoisotopic (exact) mass is 558 g/mol. The molecule has 2 atom stereocenters. The van der Waals surface area contributed by atoms with Crippen LogP contribution in [-0.4, -0.2) is 62.9 Å². The Morgan fingerprint density at radius 3 is 2.49 bits per heavy atom. The third-order valence-corrected chi connectivity index (χ3v) is 10.4. The van der Waals surface area contributed by atoms with Crippen molar-refractivity contribution in [3.8, 4) is 6.07 Å². The number of hydrogen-bond acceptors (Lipinski definition) is 6. The molecule has 3 fully saturated rings. The van der Waals surface area contributed by atoms with E-state index in [2.05, 4.69) is 10.6 Å². The number of amides is 2. The first kappa shape index (κ1) is 29.5. The Morgan fingerprint density at radius 2 is 1.74 bits per heavy atom. The minimum absolute atomic E-state index is 0.0231. The molecule has 1 saturated heterocycles. The molecule has 1 aromatic carbocycles. The molecule has 39 heavy (non-hydrogen) atoms. The van der Waals surface area contributed by atoms with Gasteiger partial charge in [0, 0.05) is 26.1 Å². The van der Waals surface area contributed by atoms with Gasteiger partial charge < -0.3 is 15.4 Å². The second-order valence-corrected chi connectivity index (χ2v) is 13.2. The average Bonchev–Trinajstić information content (AvgIpc) is 3.49. The summed E-state index contributed by atoms with van der Waals surface area (Å²) in [5.74, 6) is 0.717. The van der Waals surface area contributed by atoms with Crippen molar-refractivity contribution in [1.82, 2.24) is 14.9 Å². The summed E-state index contributed by atoms with van der Waals surface area (Å²) >= 11 is 0. The average molecular weight is 559 g/mol. The van der Waals surface area contributed by atoms with Crippen LogP contribution in [0.15, 0.2) is 29.2 Å². The normalized spacial score (nSPS) is 22.2. The summed E-state index contributed by atoms with van der Waals surface area (Å²) in [6, 6.07) is 7.50. The van der Waals surface area contributed by atoms with Crippen LogP contribution >= 0.6 is 0 Å². The Balaban J connectivity index is 1.34. The van der Waals surface area contributed by atoms with Crippen LogP contribution in [0, 0.1) is 23.2 Å². The lowest BCUT2D eigenvalue weighted by molar-refractivity contribution is -0.130. The van der Waals surface area contributed by atoms with Gasteiger partial charge >= 0.3 is 0 Å². The Hall–Kier alpha value is -2.48. The van der Waals surface area contributed by atoms with Gasteiger partial charge in [0.25, 0.3) is 0 Å². The summed E-state index contributed by atoms with van der Waals surface area (Å²) in [4.78, 5) is 26.1. The number of nitrogens with one attached hydrogen (secondary N) is 2. The van der Waals surface area contributed by atoms with E-state index in [1.165, 1.54) is 48.5 Å². The first-order chi connectivity index (χ1) is 18.9. The lowest BCUT2D eigenvalue weighted by Gasteiger charge is -2.33. The zero-order valence-electron chi connectivity index (χ0n) is 22.8. The number of nitriles is 1. The molecule has 1 unspecified atom stereocenters. The molecule has 2 saturated carbocycles. The Kier molecular flexibility index (Phi) is 10.8. The fraction of sp³-hybridized carbons (Fsp3) is 0.690. The molecule has 1 aliphatic heterocycles. The van der Waals surface area contributed by atoms with Crippen LogP contribution in [0.2, 0.25) is 0 Å². The van der Waals surface area contributed by atoms with Crippen LogP contribution in [0.25, 0.3) is 0 Å². The largest absolute Gasteiger partial charge is 0.374 e. The number of sulfonamides is 1. The van der Waals surface area contributed by atoms with Crippen LogP contribution in [0.4, 0.5) is 0 Å². The van der Waals surface area contributed by atoms with E-state index >= 15 is 0 Å². The van der Waals surface area contributed by atoms with E-state index in [0.29, 0.717) is 24.7 Å². The van der Waals surface area contributed by atoms with E-state index < -0.39 is 22.2 Å². The van der Waals surface area contributed by atoms with E-state index in [1.807, 2.05) is 6.07 Å². The number of carbonyl (C=O) groups excluding carboxylic acids is 2. The van der Waals surface area contributed by atoms with Crippen molar-refractivity contribution in [3.63, 3.8) is 0 Å². The van der Waals surface area contributed by atoms with E-state index in [0.717, 1.165) is 32.1 Å². The smallest absolute Gasteiger partial charge is 0.244 e. The topological polar surface area (TPSA) is 129 Å². The fourth-order valence-electron chi connectivity index (χ4n) is 6.18. The molecular formula is C29H42N4O5S. The van der Waals surface area contributed by atoms with Gasteiger partial charge in [-0.1, -0.05) is 69.9 Å². The predicted octanol–water partition coefficient (Wildman–Crippen LogP) is 3.49. The van der Waals surface area contributed by atoms with Crippen LogP contribution in [-0.2, 0) is 24.3 Å². The molecule has 4 rings (SSSR count). The number of rotatable bonds is 11. The molecule has 0 radical (unpaired) electrons. The first-order valence-corrected chi connectivity index (χ1v) is 16.0. The molecule has 0 aromatic heterocycles. The Morgan fingerprint density at radius 1 is 1.05 bits per heavy atom. The van der Waals surface area contributed by atoms with Gasteiger partial charge in [-0.25, -0.2) is 8.42 Å². The van der Waals surface area contributed by atoms with Gasteiger partial charge in [0.2, 0.25) is 21.8 Å². The maximum absolute atomic E-state index is 13.3. The number of benzene rings is 1. The number of morpholine rings is 1. The van der Waals surface area contributed by atoms with Gasteiger partial charge in [-0.2, -0.15) is 9.57 Å². The highest BCUT2D eigenvalue weighted by atomic mass is 32.2. The fourth-order valence-corrected chi connectivity index (χ4v) is 7.78. The molecule has 2 amide bonds. The molecule has 1 heterocycles. The highest BCUT2D eigenvalue weighted by molar-refractivity contribution is 7.89. The van der Waals surface area contributed by atoms with Gasteiger partial charge in [-0.3, -0.25) is 9.59 Å². The van der Waals surface area contributed by atoms with Crippen LogP contribution in [0.1, 0.15) is 82.6 Å². The lowest BCUT2D eigenvalue weighted by Crippen LogP contribution is -2.53. The van der Waals surface area contributed by atoms with E-state index in [-0.39, 0.29) is 48.5 Å². The van der Waals surface area contributed by atoms with E-state index in [9.17, 15) is 23.3 Å². The van der Waals surface area contributed by atoms with Gasteiger partial charge in [0.1, 0.15) is 12.1 Å². The highest BCUT2D eigenvalue weighted by Crippen LogP contribution is 2.29. The van der Waals surface area contributed by atoms with Crippen LogP contribution < -0.4 is 10.6 Å². The molecule has 214 valence electrons. The molecule has 2 N–H and O–H groups in total. The molecule has 2 aliphatic carbocycles. The third kappa shape index (κ3) is 8.26. The van der Waals surface area contributed by atoms with Gasteiger partial charge in [0.15, 0.2) is 0 Å². The standard InChI is InChI=1S/C29H42N4O5S/c30-19-24-12-6-7-13-27(24)39(36,37)33-16-17-38-25(21-33)20-31-29(35)26(18-23-10-2-1-3-11-23)32-28(34)15-14-22-8-4-5-9-22/h6-7,12-13,22-23,25-26H,1-5,8-11,14-18,20-21H2,(H,31,35)(H,32,34)/t25?,26-/m0/s1. The molecular weight excluding hydrogens is 516 g/mol. The van der Waals surface area contributed by atoms with Gasteiger partial charge in [-0.05, 0) is 36.8 Å². The second kappa shape index (κ2) is 14.2. The molecule has 1 aromatic rings. The van der Waals surface area contributed by atoms with Crippen molar-refractivity contribution in [1.29, 1.82) is 5.26 Å². The molecule has 9 nitrogen and oxygen atoms in total. The van der Waals surface area contributed by atoms with Crippen LogP contribution in [0.3, 0.4) is 0 Å². The summed E-state index contributed by atoms with van der Waals surface area (Å²) in [6.07, 6.45) is 12.0. The van der Waals surface area contributed by atoms with Crippen molar-refractivity contribution in [3.05, 3.63) is 29.8 Å². The Bertz CT molecular complexity index is 1120. The zero-order chi connectivity index (χ0) is 27.7. The van der Waals surface area contributed by atoms with Crippen molar-refractivity contribution in [2.24, 2.45) is 11.8 Å². The highest BCUT2D eigenvalue weighted by Gasteiger charge is 2.33. The quantitative estimate of drug-likeness (QED) is 0.428. The number of carbonyl (C=O) groups is 2. The van der Waals surface area contributed by atoms with Crippen LogP contribution in [0.5, 0.6) is 0 Å². The first-order valence-electron chi connectivity index (χ1n) is 14.5. The van der Waals surface area contributed by atoms with Crippen molar-refractivity contribution >= 4 is 21.8 Å². The number of ether oxygens (including phenoxy) is 1. The second-order valence-electron chi connectivity index (χ2n) is 11.3. The maximum Gasteiger partial charge on any atom is 0.244 e. The number of hydrogen-bond donors (Lipinski definition) is 2. The third-order valence-electron chi connectivity index (χ3n) is 8.43. The SMILES string of the molecule is N#Cc1ccccc1S(=O)(=O)N1CCOC(CNC(=O)[C@H](CC2CCCCC2)NC(=O)CCC2CCCC2)C1. The van der Waals surface area contributed by atoms with Crippen molar-refractivity contribution < 1.29 is 22.7 Å². The summed E-state index contributed by atoms with van der Waals surface area (Å²) < 4.78 is 33.6. The molecule has 0 bridgehead atoms. The van der Waals surface area contributed by atoms with Crippen molar-refractivity contribution in [2.75, 3.05) is 26.2 Å². The maximum atomic E-state index is 13.3. The zero-order valence-corrected chi connectivity index (χ0v) is 23.6. The Labute approximate surface area is 232 Å². The summed E-state index contributed by atoms with van der Waals surface area (Å²) in [7, 11) is -3.88. The van der Waals surface area contributed by atoms with Crippen molar-refractivity contribution in [2.45, 2.75) is 94.1 Å². The minimum Gasteiger partial charge on any atom is -0.374 e. The van der Waals surface area contributed by atoms with Gasteiger partial charge in [-0.15, -0.1) is 0 Å². The summed E-state index contributed by atoms with van der Waals surface area (Å²) in [5.41, 5.74) is 0.100. The van der Waals surface area contributed by atoms with Gasteiger partial charge in [0.05, 0.1) is 23.2 Å². The predicted molar refractivity (Wildman–Crippen MR) is 147 cm³/mol. The molecule has 3 aliphatic rings. The molecule has 0 spiro atoms. The lowest BCUT2D eigenvalue weighted by atomic mass is 9.84. The van der Waals surface area contributed by atoms with E-state index in [4.69, 9.17) is 4.74 Å².